The van der Waals surface area contributed by atoms with E-state index in [1.807, 2.05) is 60.7 Å². The van der Waals surface area contributed by atoms with Crippen LogP contribution in [0.3, 0.4) is 0 Å². The number of carbonyl (C=O) groups excluding carboxylic acids is 1. The number of carbonyl (C=O) groups is 1. The number of nitrogens with one attached hydrogen (secondary N) is 1. The third-order valence-corrected chi connectivity index (χ3v) is 5.33. The number of nitro groups is 1. The Balaban J connectivity index is 0.00000272. The van der Waals surface area contributed by atoms with E-state index < -0.39 is 4.92 Å². The molecule has 1 aliphatic carbocycles. The van der Waals surface area contributed by atoms with Crippen molar-refractivity contribution in [2.45, 2.75) is 32.0 Å². The normalized spacial score (nSPS) is 15.0. The summed E-state index contributed by atoms with van der Waals surface area (Å²) in [7, 11) is 0. The maximum Gasteiger partial charge on any atom is 0.314 e. The van der Waals surface area contributed by atoms with Gasteiger partial charge in [-0.2, -0.15) is 0 Å². The summed E-state index contributed by atoms with van der Waals surface area (Å²) in [5.41, 5.74) is 2.79. The van der Waals surface area contributed by atoms with Gasteiger partial charge in [0, 0.05) is 17.7 Å². The lowest BCUT2D eigenvalue weighted by Gasteiger charge is -2.25. The van der Waals surface area contributed by atoms with Gasteiger partial charge in [0.1, 0.15) is 6.61 Å². The first-order chi connectivity index (χ1) is 14.6. The summed E-state index contributed by atoms with van der Waals surface area (Å²) in [5.74, 6) is 0.0935. The molecule has 3 aromatic carbocycles. The molecule has 7 heteroatoms. The summed E-state index contributed by atoms with van der Waals surface area (Å²) in [5, 5.41) is 15.1. The van der Waals surface area contributed by atoms with Crippen molar-refractivity contribution >= 4 is 23.9 Å². The number of nitrogens with zero attached hydrogens (tertiary/aromatic N) is 1. The third-order valence-electron chi connectivity index (χ3n) is 5.33. The van der Waals surface area contributed by atoms with Crippen LogP contribution in [0.1, 0.15) is 33.5 Å². The molecule has 1 unspecified atom stereocenters. The van der Waals surface area contributed by atoms with Crippen LogP contribution in [-0.4, -0.2) is 16.7 Å². The van der Waals surface area contributed by atoms with E-state index >= 15 is 0 Å². The number of hydrogen-bond donors (Lipinski definition) is 1. The van der Waals surface area contributed by atoms with Crippen molar-refractivity contribution in [2.24, 2.45) is 0 Å². The Kier molecular flexibility index (Phi) is 7.39. The third kappa shape index (κ3) is 5.10. The molecule has 1 N–H and O–H groups in total. The quantitative estimate of drug-likeness (QED) is 0.420. The van der Waals surface area contributed by atoms with E-state index in [-0.39, 0.29) is 42.3 Å². The van der Waals surface area contributed by atoms with E-state index in [4.69, 9.17) is 4.74 Å². The molecular weight excluding hydrogens is 416 g/mol. The highest BCUT2D eigenvalue weighted by Crippen LogP contribution is 2.37. The second-order valence-electron chi connectivity index (χ2n) is 7.29. The van der Waals surface area contributed by atoms with E-state index in [0.29, 0.717) is 30.5 Å². The molecular formula is C24H23ClN2O4. The van der Waals surface area contributed by atoms with Crippen LogP contribution in [0.2, 0.25) is 0 Å². The van der Waals surface area contributed by atoms with Crippen LogP contribution in [0.4, 0.5) is 5.69 Å². The predicted octanol–water partition coefficient (Wildman–Crippen LogP) is 4.88. The summed E-state index contributed by atoms with van der Waals surface area (Å²) in [6.45, 7) is 0.808. The summed E-state index contributed by atoms with van der Waals surface area (Å²) in [6.07, 6.45) is 0.966. The van der Waals surface area contributed by atoms with Gasteiger partial charge in [0.25, 0.3) is 0 Å². The molecule has 1 aliphatic rings. The van der Waals surface area contributed by atoms with E-state index in [1.165, 1.54) is 6.07 Å². The second-order valence-corrected chi connectivity index (χ2v) is 7.29. The Hall–Kier alpha value is -3.22. The lowest BCUT2D eigenvalue weighted by molar-refractivity contribution is -0.386. The van der Waals surface area contributed by atoms with Crippen molar-refractivity contribution in [1.29, 1.82) is 0 Å². The number of benzene rings is 3. The van der Waals surface area contributed by atoms with Gasteiger partial charge < -0.3 is 10.1 Å². The van der Waals surface area contributed by atoms with E-state index in [0.717, 1.165) is 11.1 Å². The van der Waals surface area contributed by atoms with Gasteiger partial charge in [-0.05, 0) is 36.1 Å². The number of ketones is 1. The largest absolute Gasteiger partial charge is 0.482 e. The summed E-state index contributed by atoms with van der Waals surface area (Å²) < 4.78 is 5.75. The summed E-state index contributed by atoms with van der Waals surface area (Å²) in [4.78, 5) is 24.3. The molecule has 31 heavy (non-hydrogen) atoms. The molecule has 0 bridgehead atoms. The Morgan fingerprint density at radius 2 is 1.61 bits per heavy atom. The first kappa shape index (κ1) is 22.5. The van der Waals surface area contributed by atoms with Crippen molar-refractivity contribution in [1.82, 2.24) is 5.32 Å². The molecule has 0 radical (unpaired) electrons. The average Bonchev–Trinajstić information content (AvgIpc) is 2.78. The highest BCUT2D eigenvalue weighted by molar-refractivity contribution is 6.03. The summed E-state index contributed by atoms with van der Waals surface area (Å²) in [6, 6.07) is 22.2. The van der Waals surface area contributed by atoms with Crippen LogP contribution < -0.4 is 10.1 Å². The van der Waals surface area contributed by atoms with Crippen molar-refractivity contribution in [3.8, 4) is 5.75 Å². The fraction of sp³-hybridized carbons (Fsp3) is 0.208. The zero-order chi connectivity index (χ0) is 20.9. The molecule has 0 amide bonds. The minimum absolute atomic E-state index is 0. The number of ether oxygens (including phenoxy) is 1. The van der Waals surface area contributed by atoms with Crippen LogP contribution in [-0.2, 0) is 19.6 Å². The molecule has 0 fully saturated rings. The first-order valence-corrected chi connectivity index (χ1v) is 9.92. The molecule has 0 aromatic heterocycles. The van der Waals surface area contributed by atoms with Crippen LogP contribution in [0, 0.1) is 10.1 Å². The number of halogens is 1. The van der Waals surface area contributed by atoms with Gasteiger partial charge in [-0.3, -0.25) is 14.9 Å². The predicted molar refractivity (Wildman–Crippen MR) is 121 cm³/mol. The number of Topliss-reactive ketones (excluding diaryl/α,β-unsaturated/α-hetero) is 1. The number of rotatable bonds is 7. The molecule has 4 rings (SSSR count). The number of nitro benzene ring substituents is 1. The van der Waals surface area contributed by atoms with Crippen LogP contribution in [0.15, 0.2) is 72.8 Å². The smallest absolute Gasteiger partial charge is 0.314 e. The summed E-state index contributed by atoms with van der Waals surface area (Å²) >= 11 is 0. The minimum Gasteiger partial charge on any atom is -0.482 e. The van der Waals surface area contributed by atoms with E-state index in [1.54, 1.807) is 6.07 Å². The van der Waals surface area contributed by atoms with Gasteiger partial charge in [-0.15, -0.1) is 12.4 Å². The zero-order valence-electron chi connectivity index (χ0n) is 16.8. The molecule has 3 aromatic rings. The second kappa shape index (κ2) is 10.2. The maximum atomic E-state index is 13.0. The van der Waals surface area contributed by atoms with E-state index in [9.17, 15) is 14.9 Å². The highest BCUT2D eigenvalue weighted by Gasteiger charge is 2.34. The molecule has 160 valence electrons. The first-order valence-electron chi connectivity index (χ1n) is 9.92. The highest BCUT2D eigenvalue weighted by atomic mass is 35.5. The van der Waals surface area contributed by atoms with Gasteiger partial charge in [-0.1, -0.05) is 60.7 Å². The number of hydrogen-bond acceptors (Lipinski definition) is 5. The fourth-order valence-corrected chi connectivity index (χ4v) is 3.79. The van der Waals surface area contributed by atoms with Crippen LogP contribution in [0.25, 0.3) is 0 Å². The van der Waals surface area contributed by atoms with Gasteiger partial charge in [0.05, 0.1) is 11.0 Å². The maximum absolute atomic E-state index is 13.0. The Bertz CT molecular complexity index is 1060. The molecule has 0 aliphatic heterocycles. The van der Waals surface area contributed by atoms with Gasteiger partial charge in [0.15, 0.2) is 11.5 Å². The molecule has 0 spiro atoms. The molecule has 0 saturated heterocycles. The SMILES string of the molecule is Cl.O=C1c2ccc(OCc3ccccc3)c([N+](=O)[O-])c2CCC1NCc1ccccc1. The van der Waals surface area contributed by atoms with Crippen molar-refractivity contribution in [2.75, 3.05) is 0 Å². The molecule has 1 atom stereocenters. The molecule has 0 saturated carbocycles. The monoisotopic (exact) mass is 438 g/mol. The number of fused-ring (bicyclic) bond motifs is 1. The van der Waals surface area contributed by atoms with Crippen molar-refractivity contribution < 1.29 is 14.5 Å². The van der Waals surface area contributed by atoms with Crippen LogP contribution >= 0.6 is 12.4 Å². The zero-order valence-corrected chi connectivity index (χ0v) is 17.6. The lowest BCUT2D eigenvalue weighted by atomic mass is 9.85. The van der Waals surface area contributed by atoms with Crippen molar-refractivity contribution in [3.05, 3.63) is 105 Å². The Morgan fingerprint density at radius 1 is 0.968 bits per heavy atom. The van der Waals surface area contributed by atoms with Gasteiger partial charge in [0.2, 0.25) is 0 Å². The Labute approximate surface area is 186 Å². The van der Waals surface area contributed by atoms with Crippen molar-refractivity contribution in [3.63, 3.8) is 0 Å². The average molecular weight is 439 g/mol. The molecule has 6 nitrogen and oxygen atoms in total. The standard InChI is InChI=1S/C24H22N2O4.ClH/c27-24-20-12-14-22(30-16-18-9-5-2-6-10-18)23(26(28)29)19(20)11-13-21(24)25-15-17-7-3-1-4-8-17;/h1-10,12,14,21,25H,11,13,15-16H2;1H. The minimum atomic E-state index is -0.440. The Morgan fingerprint density at radius 3 is 2.26 bits per heavy atom. The van der Waals surface area contributed by atoms with Gasteiger partial charge in [-0.25, -0.2) is 0 Å². The lowest BCUT2D eigenvalue weighted by Crippen LogP contribution is -2.40. The van der Waals surface area contributed by atoms with E-state index in [2.05, 4.69) is 5.32 Å². The topological polar surface area (TPSA) is 81.5 Å². The fourth-order valence-electron chi connectivity index (χ4n) is 3.79. The van der Waals surface area contributed by atoms with Gasteiger partial charge >= 0.3 is 5.69 Å². The van der Waals surface area contributed by atoms with Crippen LogP contribution in [0.5, 0.6) is 5.75 Å². The molecule has 0 heterocycles.